The molecule has 0 N–H and O–H groups in total. The summed E-state index contributed by atoms with van der Waals surface area (Å²) >= 11 is 0. The van der Waals surface area contributed by atoms with Crippen LogP contribution in [0.4, 0.5) is 0 Å². The zero-order chi connectivity index (χ0) is 11.8. The second kappa shape index (κ2) is 6.47. The van der Waals surface area contributed by atoms with E-state index in [2.05, 4.69) is 6.07 Å². The summed E-state index contributed by atoms with van der Waals surface area (Å²) in [6.07, 6.45) is 0.403. The minimum atomic E-state index is 0.403. The van der Waals surface area contributed by atoms with Crippen LogP contribution < -0.4 is 4.74 Å². The zero-order valence-corrected chi connectivity index (χ0v) is 9.60. The molecule has 82 valence electrons. The highest BCUT2D eigenvalue weighted by Crippen LogP contribution is 2.08. The van der Waals surface area contributed by atoms with Gasteiger partial charge < -0.3 is 4.74 Å². The van der Waals surface area contributed by atoms with Crippen molar-refractivity contribution in [2.45, 2.75) is 13.3 Å². The Balaban J connectivity index is 3.28. The number of nitrogens with zero attached hydrogens (tertiary/aromatic N) is 1. The van der Waals surface area contributed by atoms with Crippen LogP contribution in [0.1, 0.15) is 11.1 Å². The summed E-state index contributed by atoms with van der Waals surface area (Å²) in [7, 11) is 1.63. The minimum absolute atomic E-state index is 0.403. The monoisotopic (exact) mass is 213 g/mol. The maximum Gasteiger partial charge on any atom is 0.118 e. The first-order valence-electron chi connectivity index (χ1n) is 5.11. The van der Waals surface area contributed by atoms with Crippen molar-refractivity contribution in [3.63, 3.8) is 0 Å². The highest BCUT2D eigenvalue weighted by molar-refractivity contribution is 5.25. The van der Waals surface area contributed by atoms with Crippen molar-refractivity contribution in [3.05, 3.63) is 53.6 Å². The molecule has 0 radical (unpaired) electrons. The lowest BCUT2D eigenvalue weighted by Crippen LogP contribution is -1.81. The van der Waals surface area contributed by atoms with Crippen LogP contribution in [0.15, 0.2) is 42.5 Å². The maximum absolute atomic E-state index is 8.68. The van der Waals surface area contributed by atoms with Crippen LogP contribution >= 0.6 is 0 Å². The number of rotatable bonds is 2. The van der Waals surface area contributed by atoms with Gasteiger partial charge in [-0.05, 0) is 24.6 Å². The molecule has 0 aromatic heterocycles. The van der Waals surface area contributed by atoms with Gasteiger partial charge >= 0.3 is 0 Å². The lowest BCUT2D eigenvalue weighted by Gasteiger charge is -1.96. The third-order valence-corrected chi connectivity index (χ3v) is 2.16. The van der Waals surface area contributed by atoms with E-state index in [9.17, 15) is 0 Å². The van der Waals surface area contributed by atoms with Crippen LogP contribution in [-0.4, -0.2) is 7.11 Å². The first-order chi connectivity index (χ1) is 7.76. The molecule has 0 heterocycles. The average molecular weight is 213 g/mol. The van der Waals surface area contributed by atoms with E-state index in [4.69, 9.17) is 10.00 Å². The van der Waals surface area contributed by atoms with Crippen molar-refractivity contribution in [1.82, 2.24) is 0 Å². The molecule has 0 saturated carbocycles. The van der Waals surface area contributed by atoms with Crippen molar-refractivity contribution in [2.24, 2.45) is 0 Å². The molecule has 0 fully saturated rings. The Morgan fingerprint density at radius 1 is 1.12 bits per heavy atom. The van der Waals surface area contributed by atoms with Gasteiger partial charge in [0.2, 0.25) is 0 Å². The van der Waals surface area contributed by atoms with Gasteiger partial charge in [-0.1, -0.05) is 35.9 Å². The van der Waals surface area contributed by atoms with Crippen LogP contribution in [0, 0.1) is 18.3 Å². The molecule has 0 spiro atoms. The molecular weight excluding hydrogens is 198 g/mol. The molecular formula is C14H15NO. The van der Waals surface area contributed by atoms with Crippen molar-refractivity contribution >= 4 is 0 Å². The van der Waals surface area contributed by atoms with Gasteiger partial charge in [-0.25, -0.2) is 0 Å². The fraction of sp³-hybridized carbons (Fsp3) is 0.214. The van der Waals surface area contributed by atoms with Crippen LogP contribution in [0.2, 0.25) is 0 Å². The Morgan fingerprint density at radius 3 is 2.56 bits per heavy atom. The Bertz CT molecular complexity index is 445. The first-order valence-corrected chi connectivity index (χ1v) is 5.11. The SMILES string of the molecule is COc1ccc(C)cccc(CC#N)cc1. The van der Waals surface area contributed by atoms with Gasteiger partial charge in [0.15, 0.2) is 0 Å². The van der Waals surface area contributed by atoms with E-state index in [0.29, 0.717) is 6.42 Å². The van der Waals surface area contributed by atoms with Crippen LogP contribution in [0.3, 0.4) is 0 Å². The fourth-order valence-corrected chi connectivity index (χ4v) is 1.24. The maximum atomic E-state index is 8.68. The Morgan fingerprint density at radius 2 is 1.88 bits per heavy atom. The van der Waals surface area contributed by atoms with Crippen LogP contribution in [0.25, 0.3) is 0 Å². The number of aryl methyl sites for hydroxylation is 1. The summed E-state index contributed by atoms with van der Waals surface area (Å²) < 4.78 is 5.19. The third kappa shape index (κ3) is 4.02. The van der Waals surface area contributed by atoms with Crippen LogP contribution in [0.5, 0.6) is 5.75 Å². The minimum Gasteiger partial charge on any atom is -0.497 e. The molecule has 1 aromatic carbocycles. The van der Waals surface area contributed by atoms with Gasteiger partial charge in [0.25, 0.3) is 0 Å². The van der Waals surface area contributed by atoms with Crippen molar-refractivity contribution in [3.8, 4) is 11.8 Å². The molecule has 0 aliphatic carbocycles. The third-order valence-electron chi connectivity index (χ3n) is 2.16. The average Bonchev–Trinajstić information content (AvgIpc) is 2.29. The molecule has 0 aliphatic heterocycles. The van der Waals surface area contributed by atoms with Gasteiger partial charge in [0, 0.05) is 0 Å². The largest absolute Gasteiger partial charge is 0.497 e. The van der Waals surface area contributed by atoms with Gasteiger partial charge in [-0.3, -0.25) is 0 Å². The molecule has 2 heteroatoms. The van der Waals surface area contributed by atoms with E-state index in [-0.39, 0.29) is 0 Å². The van der Waals surface area contributed by atoms with E-state index in [1.165, 1.54) is 0 Å². The Labute approximate surface area is 96.4 Å². The molecule has 0 saturated heterocycles. The predicted octanol–water partition coefficient (Wildman–Crippen LogP) is 3.19. The second-order valence-corrected chi connectivity index (χ2v) is 3.45. The zero-order valence-electron chi connectivity index (χ0n) is 9.60. The van der Waals surface area contributed by atoms with E-state index in [0.717, 1.165) is 16.9 Å². The highest BCUT2D eigenvalue weighted by atomic mass is 16.5. The number of hydrogen-bond acceptors (Lipinski definition) is 2. The molecule has 0 bridgehead atoms. The predicted molar refractivity (Wildman–Crippen MR) is 64.7 cm³/mol. The summed E-state index contributed by atoms with van der Waals surface area (Å²) in [4.78, 5) is 0. The normalized spacial score (nSPS) is 8.81. The smallest absolute Gasteiger partial charge is 0.118 e. The summed E-state index contributed by atoms with van der Waals surface area (Å²) in [6.45, 7) is 2.02. The van der Waals surface area contributed by atoms with Crippen molar-refractivity contribution < 1.29 is 4.74 Å². The second-order valence-electron chi connectivity index (χ2n) is 3.45. The quantitative estimate of drug-likeness (QED) is 0.755. The molecule has 1 aromatic rings. The van der Waals surface area contributed by atoms with E-state index in [1.807, 2.05) is 49.4 Å². The molecule has 16 heavy (non-hydrogen) atoms. The number of ether oxygens (including phenoxy) is 1. The topological polar surface area (TPSA) is 33.0 Å². The summed E-state index contributed by atoms with van der Waals surface area (Å²) in [5.74, 6) is 0.776. The fourth-order valence-electron chi connectivity index (χ4n) is 1.24. The van der Waals surface area contributed by atoms with Gasteiger partial charge in [-0.15, -0.1) is 0 Å². The standard InChI is InChI=1S/C14H15NO/c1-12-4-3-5-13(10-11-15)7-9-14(16-2)8-6-12/h3-9H,10H2,1-2H3. The highest BCUT2D eigenvalue weighted by Gasteiger charge is 1.88. The van der Waals surface area contributed by atoms with Crippen LogP contribution in [-0.2, 0) is 6.42 Å². The van der Waals surface area contributed by atoms with E-state index in [1.54, 1.807) is 7.11 Å². The Hall–Kier alpha value is -2.01. The molecule has 1 rings (SSSR count). The number of hydrogen-bond donors (Lipinski definition) is 0. The summed E-state index contributed by atoms with van der Waals surface area (Å²) in [6, 6.07) is 15.7. The molecule has 0 amide bonds. The molecule has 2 nitrogen and oxygen atoms in total. The van der Waals surface area contributed by atoms with E-state index < -0.39 is 0 Å². The van der Waals surface area contributed by atoms with Crippen molar-refractivity contribution in [1.29, 1.82) is 5.26 Å². The molecule has 0 aliphatic rings. The lowest BCUT2D eigenvalue weighted by molar-refractivity contribution is 0.415. The van der Waals surface area contributed by atoms with Gasteiger partial charge in [0.05, 0.1) is 19.6 Å². The number of nitriles is 1. The molecule has 0 unspecified atom stereocenters. The summed E-state index contributed by atoms with van der Waals surface area (Å²) in [5, 5.41) is 8.68. The first kappa shape index (κ1) is 12.1. The van der Waals surface area contributed by atoms with Gasteiger partial charge in [-0.2, -0.15) is 5.26 Å². The lowest BCUT2D eigenvalue weighted by atomic mass is 10.2. The summed E-state index contributed by atoms with van der Waals surface area (Å²) in [5.41, 5.74) is 2.11. The Kier molecular flexibility index (Phi) is 4.88. The number of methoxy groups -OCH3 is 1. The molecule has 0 atom stereocenters. The van der Waals surface area contributed by atoms with E-state index >= 15 is 0 Å². The van der Waals surface area contributed by atoms with Crippen molar-refractivity contribution in [2.75, 3.05) is 7.11 Å². The van der Waals surface area contributed by atoms with Gasteiger partial charge in [0.1, 0.15) is 5.75 Å².